The van der Waals surface area contributed by atoms with E-state index in [0.29, 0.717) is 4.88 Å². The Balaban J connectivity index is 1.96. The number of thiophene rings is 1. The first-order valence-corrected chi connectivity index (χ1v) is 8.33. The van der Waals surface area contributed by atoms with Crippen LogP contribution in [0.5, 0.6) is 0 Å². The molecule has 0 saturated heterocycles. The quantitative estimate of drug-likeness (QED) is 0.451. The molecule has 0 aliphatic carbocycles. The minimum absolute atomic E-state index is 0.436. The molecule has 5 heteroatoms. The molecule has 1 aromatic heterocycles. The molecule has 2 N–H and O–H groups in total. The fraction of sp³-hybridized carbons (Fsp3) is 0.0526. The summed E-state index contributed by atoms with van der Waals surface area (Å²) in [4.78, 5) is 25.8. The van der Waals surface area contributed by atoms with Crippen molar-refractivity contribution in [2.24, 2.45) is 5.84 Å². The number of hydrazine groups is 1. The predicted molar refractivity (Wildman–Crippen MR) is 94.4 cm³/mol. The van der Waals surface area contributed by atoms with Gasteiger partial charge < -0.3 is 0 Å². The Labute approximate surface area is 144 Å². The average molecular weight is 336 g/mol. The number of nitrogens with two attached hydrogens (primary N) is 1. The zero-order chi connectivity index (χ0) is 16.9. The molecule has 0 saturated carbocycles. The van der Waals surface area contributed by atoms with Gasteiger partial charge in [-0.3, -0.25) is 9.59 Å². The third-order valence-corrected chi connectivity index (χ3v) is 4.56. The number of rotatable bonds is 4. The second-order valence-electron chi connectivity index (χ2n) is 5.25. The molecule has 3 rings (SSSR count). The van der Waals surface area contributed by atoms with E-state index in [1.807, 2.05) is 60.7 Å². The fourth-order valence-electron chi connectivity index (χ4n) is 2.53. The van der Waals surface area contributed by atoms with Gasteiger partial charge in [0.05, 0.1) is 10.8 Å². The maximum Gasteiger partial charge on any atom is 0.284 e. The third-order valence-electron chi connectivity index (χ3n) is 3.70. The van der Waals surface area contributed by atoms with Crippen molar-refractivity contribution in [3.63, 3.8) is 0 Å². The van der Waals surface area contributed by atoms with Crippen LogP contribution >= 0.6 is 11.3 Å². The van der Waals surface area contributed by atoms with Gasteiger partial charge in [0.25, 0.3) is 11.8 Å². The summed E-state index contributed by atoms with van der Waals surface area (Å²) in [6, 6.07) is 22.1. The highest BCUT2D eigenvalue weighted by molar-refractivity contribution is 7.12. The molecule has 24 heavy (non-hydrogen) atoms. The van der Waals surface area contributed by atoms with Gasteiger partial charge in [0.2, 0.25) is 0 Å². The lowest BCUT2D eigenvalue weighted by Gasteiger charge is -2.22. The van der Waals surface area contributed by atoms with E-state index in [1.165, 1.54) is 11.3 Å². The van der Waals surface area contributed by atoms with Crippen molar-refractivity contribution >= 4 is 23.2 Å². The molecule has 1 heterocycles. The number of amides is 2. The third kappa shape index (κ3) is 3.27. The maximum atomic E-state index is 13.0. The van der Waals surface area contributed by atoms with Gasteiger partial charge in [0, 0.05) is 0 Å². The summed E-state index contributed by atoms with van der Waals surface area (Å²) >= 11 is 1.26. The first-order chi connectivity index (χ1) is 11.7. The van der Waals surface area contributed by atoms with Gasteiger partial charge in [-0.05, 0) is 22.6 Å². The molecule has 2 amide bonds. The molecule has 0 aliphatic rings. The van der Waals surface area contributed by atoms with Crippen LogP contribution in [-0.2, 0) is 4.79 Å². The number of carbonyl (C=O) groups excluding carboxylic acids is 2. The van der Waals surface area contributed by atoms with E-state index in [9.17, 15) is 9.59 Å². The monoisotopic (exact) mass is 336 g/mol. The van der Waals surface area contributed by atoms with E-state index < -0.39 is 17.7 Å². The highest BCUT2D eigenvalue weighted by atomic mass is 32.1. The predicted octanol–water partition coefficient (Wildman–Crippen LogP) is 3.42. The van der Waals surface area contributed by atoms with E-state index in [0.717, 1.165) is 16.1 Å². The van der Waals surface area contributed by atoms with E-state index in [-0.39, 0.29) is 0 Å². The molecular weight excluding hydrogens is 320 g/mol. The summed E-state index contributed by atoms with van der Waals surface area (Å²) in [7, 11) is 0. The van der Waals surface area contributed by atoms with Crippen molar-refractivity contribution < 1.29 is 9.59 Å². The molecule has 0 unspecified atom stereocenters. The van der Waals surface area contributed by atoms with Crippen LogP contribution in [0, 0.1) is 0 Å². The van der Waals surface area contributed by atoms with Gasteiger partial charge in [-0.2, -0.15) is 0 Å². The molecule has 3 aromatic rings. The smallest absolute Gasteiger partial charge is 0.272 e. The molecule has 0 radical (unpaired) electrons. The van der Waals surface area contributed by atoms with Crippen molar-refractivity contribution in [2.45, 2.75) is 5.92 Å². The molecule has 120 valence electrons. The lowest BCUT2D eigenvalue weighted by molar-refractivity contribution is -0.129. The van der Waals surface area contributed by atoms with Gasteiger partial charge in [0.15, 0.2) is 0 Å². The fourth-order valence-corrected chi connectivity index (χ4v) is 3.19. The lowest BCUT2D eigenvalue weighted by atomic mass is 9.90. The van der Waals surface area contributed by atoms with Gasteiger partial charge in [-0.15, -0.1) is 11.3 Å². The van der Waals surface area contributed by atoms with Gasteiger partial charge >= 0.3 is 0 Å². The first kappa shape index (κ1) is 16.1. The van der Waals surface area contributed by atoms with E-state index in [2.05, 4.69) is 0 Å². The number of nitrogens with zero attached hydrogens (tertiary/aromatic N) is 1. The zero-order valence-corrected chi connectivity index (χ0v) is 13.6. The molecule has 0 spiro atoms. The Kier molecular flexibility index (Phi) is 4.84. The Bertz CT molecular complexity index is 778. The number of benzene rings is 2. The van der Waals surface area contributed by atoms with Crippen LogP contribution in [0.3, 0.4) is 0 Å². The van der Waals surface area contributed by atoms with Crippen molar-refractivity contribution in [2.75, 3.05) is 0 Å². The van der Waals surface area contributed by atoms with Crippen molar-refractivity contribution in [1.29, 1.82) is 0 Å². The molecular formula is C19H16N2O2S. The molecule has 0 aliphatic heterocycles. The van der Waals surface area contributed by atoms with Crippen LogP contribution in [0.4, 0.5) is 0 Å². The Morgan fingerprint density at radius 1 is 0.833 bits per heavy atom. The Hall–Kier alpha value is -2.76. The molecule has 0 atom stereocenters. The van der Waals surface area contributed by atoms with E-state index >= 15 is 0 Å². The molecule has 0 bridgehead atoms. The second-order valence-corrected chi connectivity index (χ2v) is 6.19. The summed E-state index contributed by atoms with van der Waals surface area (Å²) in [5.41, 5.74) is 1.59. The van der Waals surface area contributed by atoms with Gasteiger partial charge in [0.1, 0.15) is 0 Å². The van der Waals surface area contributed by atoms with Crippen LogP contribution in [0.25, 0.3) is 0 Å². The summed E-state index contributed by atoms with van der Waals surface area (Å²) in [5.74, 6) is 4.30. The van der Waals surface area contributed by atoms with Gasteiger partial charge in [-0.1, -0.05) is 66.7 Å². The second kappa shape index (κ2) is 7.21. The van der Waals surface area contributed by atoms with Crippen LogP contribution < -0.4 is 5.84 Å². The number of carbonyl (C=O) groups is 2. The number of imide groups is 1. The minimum atomic E-state index is -0.624. The van der Waals surface area contributed by atoms with Crippen LogP contribution in [0.1, 0.15) is 26.7 Å². The number of hydrogen-bond donors (Lipinski definition) is 1. The summed E-state index contributed by atoms with van der Waals surface area (Å²) in [6.07, 6.45) is 0. The summed E-state index contributed by atoms with van der Waals surface area (Å²) < 4.78 is 0. The first-order valence-electron chi connectivity index (χ1n) is 7.45. The standard InChI is InChI=1S/C19H16N2O2S/c20-21(18(22)16-12-7-13-24-16)19(23)17(14-8-3-1-4-9-14)15-10-5-2-6-11-15/h1-13,17H,20H2. The Morgan fingerprint density at radius 2 is 1.38 bits per heavy atom. The molecule has 2 aromatic carbocycles. The summed E-state index contributed by atoms with van der Waals surface area (Å²) in [6.45, 7) is 0. The average Bonchev–Trinajstić information content (AvgIpc) is 3.17. The van der Waals surface area contributed by atoms with Crippen molar-refractivity contribution in [3.05, 3.63) is 94.2 Å². The maximum absolute atomic E-state index is 13.0. The SMILES string of the molecule is NN(C(=O)c1cccs1)C(=O)C(c1ccccc1)c1ccccc1. The number of hydrogen-bond acceptors (Lipinski definition) is 4. The van der Waals surface area contributed by atoms with E-state index in [1.54, 1.807) is 17.5 Å². The summed E-state index contributed by atoms with van der Waals surface area (Å²) in [5, 5.41) is 2.49. The Morgan fingerprint density at radius 3 is 1.83 bits per heavy atom. The van der Waals surface area contributed by atoms with E-state index in [4.69, 9.17) is 5.84 Å². The van der Waals surface area contributed by atoms with Crippen molar-refractivity contribution in [1.82, 2.24) is 5.01 Å². The lowest BCUT2D eigenvalue weighted by Crippen LogP contribution is -2.45. The van der Waals surface area contributed by atoms with Crippen molar-refractivity contribution in [3.8, 4) is 0 Å². The zero-order valence-electron chi connectivity index (χ0n) is 12.8. The highest BCUT2D eigenvalue weighted by Crippen LogP contribution is 2.27. The van der Waals surface area contributed by atoms with Crippen LogP contribution in [-0.4, -0.2) is 16.8 Å². The van der Waals surface area contributed by atoms with Crippen LogP contribution in [0.15, 0.2) is 78.2 Å². The van der Waals surface area contributed by atoms with Gasteiger partial charge in [-0.25, -0.2) is 10.9 Å². The normalized spacial score (nSPS) is 10.6. The van der Waals surface area contributed by atoms with Crippen LogP contribution in [0.2, 0.25) is 0 Å². The largest absolute Gasteiger partial charge is 0.284 e. The molecule has 0 fully saturated rings. The highest BCUT2D eigenvalue weighted by Gasteiger charge is 2.30. The topological polar surface area (TPSA) is 63.4 Å². The molecule has 4 nitrogen and oxygen atoms in total. The minimum Gasteiger partial charge on any atom is -0.272 e.